The number of rotatable bonds is 11. The molecule has 0 aliphatic heterocycles. The number of halogens is 2. The second-order valence-electron chi connectivity index (χ2n) is 10.1. The van der Waals surface area contributed by atoms with E-state index >= 15 is 4.39 Å². The van der Waals surface area contributed by atoms with E-state index in [9.17, 15) is 4.39 Å². The fourth-order valence-electron chi connectivity index (χ4n) is 4.90. The largest absolute Gasteiger partial charge is 0.386 e. The van der Waals surface area contributed by atoms with Gasteiger partial charge in [0.2, 0.25) is 0 Å². The lowest BCUT2D eigenvalue weighted by molar-refractivity contribution is 0.614. The fraction of sp³-hybridized carbons (Fsp3) is 0.0833. The lowest BCUT2D eigenvalue weighted by atomic mass is 10.0. The molecule has 0 atom stereocenters. The Labute approximate surface area is 255 Å². The highest BCUT2D eigenvalue weighted by Gasteiger charge is 2.22. The van der Waals surface area contributed by atoms with Crippen molar-refractivity contribution in [3.63, 3.8) is 0 Å². The molecule has 0 unspecified atom stereocenters. The SMILES string of the molecule is C=C/C(=C\C(=C/C)c1ncc(NC)c(C(=C)c2nc3c(-c4ccc(F)cc4)cncc3[nH]2)c1F)NC(=C)Cc1ccccc1. The van der Waals surface area contributed by atoms with Crippen LogP contribution in [0.4, 0.5) is 14.5 Å². The summed E-state index contributed by atoms with van der Waals surface area (Å²) in [5.74, 6) is -0.529. The molecule has 5 rings (SSSR count). The molecule has 0 bridgehead atoms. The normalized spacial score (nSPS) is 11.8. The molecule has 0 aliphatic rings. The molecule has 0 saturated heterocycles. The number of H-pyrrole nitrogens is 1. The molecular formula is C36H32F2N6. The number of nitrogens with one attached hydrogen (secondary N) is 3. The molecule has 2 aromatic carbocycles. The van der Waals surface area contributed by atoms with Crippen LogP contribution in [0.5, 0.6) is 0 Å². The lowest BCUT2D eigenvalue weighted by Gasteiger charge is -2.16. The molecule has 0 fully saturated rings. The predicted octanol–water partition coefficient (Wildman–Crippen LogP) is 8.22. The van der Waals surface area contributed by atoms with Gasteiger partial charge >= 0.3 is 0 Å². The third-order valence-electron chi connectivity index (χ3n) is 7.12. The van der Waals surface area contributed by atoms with Crippen molar-refractivity contribution in [1.82, 2.24) is 25.3 Å². The van der Waals surface area contributed by atoms with E-state index < -0.39 is 5.82 Å². The maximum Gasteiger partial charge on any atom is 0.159 e. The van der Waals surface area contributed by atoms with Gasteiger partial charge in [-0.3, -0.25) is 9.97 Å². The lowest BCUT2D eigenvalue weighted by Crippen LogP contribution is -2.13. The van der Waals surface area contributed by atoms with Gasteiger partial charge in [0.15, 0.2) is 5.82 Å². The molecule has 8 heteroatoms. The number of anilines is 1. The maximum absolute atomic E-state index is 16.4. The molecule has 5 aromatic rings. The number of hydrogen-bond acceptors (Lipinski definition) is 5. The number of nitrogens with zero attached hydrogens (tertiary/aromatic N) is 3. The first-order chi connectivity index (χ1) is 21.3. The van der Waals surface area contributed by atoms with E-state index in [1.165, 1.54) is 12.1 Å². The minimum Gasteiger partial charge on any atom is -0.386 e. The molecule has 3 aromatic heterocycles. The second-order valence-corrected chi connectivity index (χ2v) is 10.1. The van der Waals surface area contributed by atoms with Crippen LogP contribution in [0, 0.1) is 11.6 Å². The Hall–Kier alpha value is -5.63. The molecular weight excluding hydrogens is 554 g/mol. The zero-order valence-electron chi connectivity index (χ0n) is 24.6. The monoisotopic (exact) mass is 586 g/mol. The molecule has 220 valence electrons. The Bertz CT molecular complexity index is 1920. The first kappa shape index (κ1) is 29.8. The number of allylic oxidation sites excluding steroid dienone is 5. The maximum atomic E-state index is 16.4. The minimum absolute atomic E-state index is 0.141. The van der Waals surface area contributed by atoms with Crippen LogP contribution in [0.3, 0.4) is 0 Å². The van der Waals surface area contributed by atoms with E-state index in [2.05, 4.69) is 45.3 Å². The Balaban J connectivity index is 1.49. The summed E-state index contributed by atoms with van der Waals surface area (Å²) in [5.41, 5.74) is 6.93. The third kappa shape index (κ3) is 6.24. The Morgan fingerprint density at radius 2 is 1.75 bits per heavy atom. The van der Waals surface area contributed by atoms with Gasteiger partial charge in [0.25, 0.3) is 0 Å². The summed E-state index contributed by atoms with van der Waals surface area (Å²) in [5, 5.41) is 6.30. The quantitative estimate of drug-likeness (QED) is 0.136. The molecule has 0 radical (unpaired) electrons. The van der Waals surface area contributed by atoms with Crippen molar-refractivity contribution in [3.05, 3.63) is 157 Å². The highest BCUT2D eigenvalue weighted by atomic mass is 19.1. The molecule has 44 heavy (non-hydrogen) atoms. The second kappa shape index (κ2) is 13.1. The molecule has 0 saturated carbocycles. The van der Waals surface area contributed by atoms with Crippen LogP contribution in [0.2, 0.25) is 0 Å². The van der Waals surface area contributed by atoms with E-state index in [0.29, 0.717) is 51.4 Å². The first-order valence-electron chi connectivity index (χ1n) is 14.0. The Morgan fingerprint density at radius 3 is 2.43 bits per heavy atom. The molecule has 0 spiro atoms. The highest BCUT2D eigenvalue weighted by Crippen LogP contribution is 2.35. The first-order valence-corrected chi connectivity index (χ1v) is 14.0. The summed E-state index contributed by atoms with van der Waals surface area (Å²) in [7, 11) is 1.69. The van der Waals surface area contributed by atoms with Crippen molar-refractivity contribution < 1.29 is 8.78 Å². The van der Waals surface area contributed by atoms with Gasteiger partial charge in [-0.2, -0.15) is 0 Å². The zero-order valence-corrected chi connectivity index (χ0v) is 24.6. The summed E-state index contributed by atoms with van der Waals surface area (Å²) >= 11 is 0. The highest BCUT2D eigenvalue weighted by molar-refractivity contribution is 5.94. The average molecular weight is 587 g/mol. The van der Waals surface area contributed by atoms with E-state index in [1.54, 1.807) is 56.0 Å². The summed E-state index contributed by atoms with van der Waals surface area (Å²) < 4.78 is 30.0. The van der Waals surface area contributed by atoms with Crippen molar-refractivity contribution in [3.8, 4) is 11.1 Å². The van der Waals surface area contributed by atoms with E-state index in [-0.39, 0.29) is 17.1 Å². The number of pyridine rings is 2. The van der Waals surface area contributed by atoms with Crippen LogP contribution < -0.4 is 10.6 Å². The number of aromatic nitrogens is 4. The standard InChI is InChI=1S/C36H32F2N6/c1-6-25(18-28(7-2)42-22(3)17-24-11-9-8-10-12-24)34-33(38)32(30(39-5)21-41-34)23(4)36-43-31-20-40-19-29(35(31)44-36)26-13-15-27(37)16-14-26/h6-16,18-21,39,42H,2-4,17H2,1,5H3,(H,43,44)/b25-6+,28-18+. The average Bonchev–Trinajstić information content (AvgIpc) is 3.48. The molecule has 0 amide bonds. The zero-order chi connectivity index (χ0) is 31.2. The molecule has 3 heterocycles. The van der Waals surface area contributed by atoms with Crippen LogP contribution in [0.25, 0.3) is 33.3 Å². The third-order valence-corrected chi connectivity index (χ3v) is 7.12. The van der Waals surface area contributed by atoms with Gasteiger partial charge in [-0.15, -0.1) is 0 Å². The smallest absolute Gasteiger partial charge is 0.159 e. The van der Waals surface area contributed by atoms with Crippen molar-refractivity contribution in [2.75, 3.05) is 12.4 Å². The summed E-state index contributed by atoms with van der Waals surface area (Å²) in [6, 6.07) is 16.1. The van der Waals surface area contributed by atoms with E-state index in [1.807, 2.05) is 37.3 Å². The van der Waals surface area contributed by atoms with Crippen LogP contribution >= 0.6 is 0 Å². The predicted molar refractivity (Wildman–Crippen MR) is 176 cm³/mol. The molecule has 0 aliphatic carbocycles. The number of fused-ring (bicyclic) bond motifs is 1. The number of aromatic amines is 1. The van der Waals surface area contributed by atoms with Gasteiger partial charge in [0.1, 0.15) is 17.3 Å². The van der Waals surface area contributed by atoms with Crippen LogP contribution in [0.1, 0.15) is 29.6 Å². The number of hydrogen-bond donors (Lipinski definition) is 3. The fourth-order valence-corrected chi connectivity index (χ4v) is 4.90. The van der Waals surface area contributed by atoms with Gasteiger partial charge in [-0.25, -0.2) is 13.8 Å². The topological polar surface area (TPSA) is 78.5 Å². The summed E-state index contributed by atoms with van der Waals surface area (Å²) in [6.45, 7) is 14.1. The van der Waals surface area contributed by atoms with Crippen LogP contribution in [0.15, 0.2) is 123 Å². The van der Waals surface area contributed by atoms with Gasteiger partial charge in [0.05, 0.1) is 29.1 Å². The van der Waals surface area contributed by atoms with Crippen LogP contribution in [-0.2, 0) is 6.42 Å². The van der Waals surface area contributed by atoms with Gasteiger partial charge < -0.3 is 15.6 Å². The van der Waals surface area contributed by atoms with Crippen LogP contribution in [-0.4, -0.2) is 27.0 Å². The number of imidazole rings is 1. The van der Waals surface area contributed by atoms with E-state index in [0.717, 1.165) is 16.8 Å². The van der Waals surface area contributed by atoms with Gasteiger partial charge in [-0.1, -0.05) is 68.3 Å². The minimum atomic E-state index is -0.560. The Morgan fingerprint density at radius 1 is 1.00 bits per heavy atom. The summed E-state index contributed by atoms with van der Waals surface area (Å²) in [6.07, 6.45) is 10.7. The van der Waals surface area contributed by atoms with Crippen molar-refractivity contribution in [2.45, 2.75) is 13.3 Å². The van der Waals surface area contributed by atoms with E-state index in [4.69, 9.17) is 4.98 Å². The summed E-state index contributed by atoms with van der Waals surface area (Å²) in [4.78, 5) is 16.7. The van der Waals surface area contributed by atoms with Crippen molar-refractivity contribution >= 4 is 27.9 Å². The van der Waals surface area contributed by atoms with Crippen molar-refractivity contribution in [2.24, 2.45) is 0 Å². The van der Waals surface area contributed by atoms with Gasteiger partial charge in [0, 0.05) is 53.3 Å². The number of benzene rings is 2. The van der Waals surface area contributed by atoms with Gasteiger partial charge in [-0.05, 0) is 42.3 Å². The van der Waals surface area contributed by atoms with Crippen molar-refractivity contribution in [1.29, 1.82) is 0 Å². The molecule has 6 nitrogen and oxygen atoms in total. The molecule has 3 N–H and O–H groups in total. The Kier molecular flexibility index (Phi) is 8.90.